The van der Waals surface area contributed by atoms with Crippen LogP contribution in [0.15, 0.2) is 73.8 Å². The number of fused-ring (bicyclic) bond motifs is 12. The van der Waals surface area contributed by atoms with E-state index in [0.717, 1.165) is 29.6 Å². The molecule has 0 aliphatic heterocycles. The summed E-state index contributed by atoms with van der Waals surface area (Å²) in [6, 6.07) is 18.6. The molecule has 4 aliphatic carbocycles. The zero-order valence-corrected chi connectivity index (χ0v) is 16.2. The summed E-state index contributed by atoms with van der Waals surface area (Å²) in [5, 5.41) is 5.96. The number of rotatable bonds is 2. The molecule has 8 atom stereocenters. The van der Waals surface area contributed by atoms with Crippen LogP contribution in [0.25, 0.3) is 21.5 Å². The average molecular weight is 363 g/mol. The van der Waals surface area contributed by atoms with Gasteiger partial charge in [-0.05, 0) is 98.9 Å². The Balaban J connectivity index is 1.51. The lowest BCUT2D eigenvalue weighted by Gasteiger charge is -2.38. The molecule has 0 nitrogen and oxygen atoms in total. The minimum atomic E-state index is 0.679. The van der Waals surface area contributed by atoms with Gasteiger partial charge in [0.25, 0.3) is 0 Å². The molecule has 0 aromatic heterocycles. The normalized spacial score (nSPS) is 39.4. The van der Waals surface area contributed by atoms with Crippen LogP contribution >= 0.6 is 0 Å². The van der Waals surface area contributed by atoms with Crippen molar-refractivity contribution in [3.63, 3.8) is 0 Å². The Bertz CT molecular complexity index is 1170. The lowest BCUT2D eigenvalue weighted by Crippen LogP contribution is -2.31. The molecule has 7 rings (SSSR count). The van der Waals surface area contributed by atoms with E-state index in [9.17, 15) is 0 Å². The maximum absolute atomic E-state index is 4.23. The van der Waals surface area contributed by atoms with Crippen molar-refractivity contribution in [3.8, 4) is 0 Å². The van der Waals surface area contributed by atoms with Gasteiger partial charge in [0.2, 0.25) is 0 Å². The van der Waals surface area contributed by atoms with Crippen molar-refractivity contribution < 1.29 is 0 Å². The molecule has 3 aromatic rings. The Morgan fingerprint density at radius 3 is 2.25 bits per heavy atom. The maximum Gasteiger partial charge on any atom is -0.00463 e. The monoisotopic (exact) mass is 362 g/mol. The summed E-state index contributed by atoms with van der Waals surface area (Å²) >= 11 is 0. The first-order valence-electron chi connectivity index (χ1n) is 11.0. The Labute approximate surface area is 167 Å². The van der Waals surface area contributed by atoms with E-state index >= 15 is 0 Å². The first kappa shape index (κ1) is 15.6. The molecule has 28 heavy (non-hydrogen) atoms. The Morgan fingerprint density at radius 2 is 1.46 bits per heavy atom. The molecule has 0 radical (unpaired) electrons. The van der Waals surface area contributed by atoms with E-state index in [1.807, 2.05) is 0 Å². The van der Waals surface area contributed by atoms with Crippen LogP contribution < -0.4 is 0 Å². The fraction of sp³-hybridized carbons (Fsp3) is 0.357. The molecule has 0 amide bonds. The molecule has 2 bridgehead atoms. The van der Waals surface area contributed by atoms with E-state index in [1.165, 1.54) is 29.0 Å². The van der Waals surface area contributed by atoms with E-state index in [-0.39, 0.29) is 0 Å². The van der Waals surface area contributed by atoms with Gasteiger partial charge < -0.3 is 0 Å². The molecule has 0 spiro atoms. The third-order valence-corrected chi connectivity index (χ3v) is 9.08. The first-order chi connectivity index (χ1) is 13.8. The highest BCUT2D eigenvalue weighted by molar-refractivity contribution is 6.06. The molecule has 0 heterocycles. The summed E-state index contributed by atoms with van der Waals surface area (Å²) in [6.07, 6.45) is 7.24. The predicted octanol–water partition coefficient (Wildman–Crippen LogP) is 7.06. The number of allylic oxidation sites excluding steroid dienone is 2. The second-order valence-electron chi connectivity index (χ2n) is 9.76. The van der Waals surface area contributed by atoms with Crippen LogP contribution in [0, 0.1) is 35.5 Å². The number of hydrogen-bond acceptors (Lipinski definition) is 0. The smallest absolute Gasteiger partial charge is 0.00463 e. The van der Waals surface area contributed by atoms with E-state index in [2.05, 4.69) is 73.8 Å². The van der Waals surface area contributed by atoms with Crippen molar-refractivity contribution in [2.75, 3.05) is 0 Å². The zero-order chi connectivity index (χ0) is 18.6. The van der Waals surface area contributed by atoms with Gasteiger partial charge in [0.05, 0.1) is 0 Å². The molecule has 0 N–H and O–H groups in total. The Hall–Kier alpha value is -2.34. The van der Waals surface area contributed by atoms with Crippen LogP contribution in [0.4, 0.5) is 0 Å². The first-order valence-corrected chi connectivity index (χ1v) is 11.0. The standard InChI is InChI=1S/C28H26/c1-3-15-12-16(4-2)24-22-14-21(23(15)24)26-20-11-7-9-18-13-17-8-5-6-10-19(17)27(25(18)20)28(22)26/h3-11,13,15-16,21-24,26,28H,1-2,12,14H2. The summed E-state index contributed by atoms with van der Waals surface area (Å²) < 4.78 is 0. The van der Waals surface area contributed by atoms with Crippen LogP contribution in [-0.4, -0.2) is 0 Å². The van der Waals surface area contributed by atoms with Crippen LogP contribution in [0.3, 0.4) is 0 Å². The van der Waals surface area contributed by atoms with E-state index in [1.54, 1.807) is 16.5 Å². The maximum atomic E-state index is 4.23. The fourth-order valence-corrected chi connectivity index (χ4v) is 8.48. The molecular weight excluding hydrogens is 336 g/mol. The summed E-state index contributed by atoms with van der Waals surface area (Å²) in [7, 11) is 0. The Kier molecular flexibility index (Phi) is 2.88. The highest BCUT2D eigenvalue weighted by Crippen LogP contribution is 2.74. The highest BCUT2D eigenvalue weighted by atomic mass is 14.7. The lowest BCUT2D eigenvalue weighted by molar-refractivity contribution is 0.175. The third kappa shape index (κ3) is 1.62. The molecular formula is C28H26. The van der Waals surface area contributed by atoms with Crippen molar-refractivity contribution in [2.24, 2.45) is 35.5 Å². The van der Waals surface area contributed by atoms with Crippen molar-refractivity contribution in [3.05, 3.63) is 85.0 Å². The van der Waals surface area contributed by atoms with E-state index in [4.69, 9.17) is 0 Å². The number of benzene rings is 3. The SMILES string of the molecule is C=CC1CC(C=C)C2C3CC(C4c5cccc6cc7ccccc7c(c56)C34)C12. The van der Waals surface area contributed by atoms with Crippen LogP contribution in [-0.2, 0) is 0 Å². The van der Waals surface area contributed by atoms with Crippen LogP contribution in [0.1, 0.15) is 35.8 Å². The fourth-order valence-electron chi connectivity index (χ4n) is 8.48. The zero-order valence-electron chi connectivity index (χ0n) is 16.2. The highest BCUT2D eigenvalue weighted by Gasteiger charge is 2.65. The topological polar surface area (TPSA) is 0 Å². The quantitative estimate of drug-likeness (QED) is 0.338. The second-order valence-corrected chi connectivity index (χ2v) is 9.76. The van der Waals surface area contributed by atoms with Gasteiger partial charge in [-0.25, -0.2) is 0 Å². The molecule has 3 fully saturated rings. The Morgan fingerprint density at radius 1 is 0.750 bits per heavy atom. The van der Waals surface area contributed by atoms with Crippen molar-refractivity contribution >= 4 is 21.5 Å². The molecule has 3 saturated carbocycles. The summed E-state index contributed by atoms with van der Waals surface area (Å²) in [4.78, 5) is 0. The number of hydrogen-bond donors (Lipinski definition) is 0. The largest absolute Gasteiger partial charge is 0.103 e. The van der Waals surface area contributed by atoms with Gasteiger partial charge in [-0.3, -0.25) is 0 Å². The van der Waals surface area contributed by atoms with Gasteiger partial charge in [-0.15, -0.1) is 13.2 Å². The van der Waals surface area contributed by atoms with Gasteiger partial charge in [0, 0.05) is 0 Å². The minimum absolute atomic E-state index is 0.679. The summed E-state index contributed by atoms with van der Waals surface area (Å²) in [6.45, 7) is 8.46. The molecule has 0 heteroatoms. The van der Waals surface area contributed by atoms with Gasteiger partial charge in [-0.2, -0.15) is 0 Å². The van der Waals surface area contributed by atoms with Crippen LogP contribution in [0.2, 0.25) is 0 Å². The van der Waals surface area contributed by atoms with Gasteiger partial charge in [0.15, 0.2) is 0 Å². The average Bonchev–Trinajstić information content (AvgIpc) is 3.46. The van der Waals surface area contributed by atoms with Gasteiger partial charge in [0.1, 0.15) is 0 Å². The molecule has 0 saturated heterocycles. The van der Waals surface area contributed by atoms with Gasteiger partial charge in [-0.1, -0.05) is 54.6 Å². The third-order valence-electron chi connectivity index (χ3n) is 9.08. The molecule has 8 unspecified atom stereocenters. The van der Waals surface area contributed by atoms with E-state index in [0.29, 0.717) is 17.8 Å². The van der Waals surface area contributed by atoms with Gasteiger partial charge >= 0.3 is 0 Å². The predicted molar refractivity (Wildman–Crippen MR) is 118 cm³/mol. The minimum Gasteiger partial charge on any atom is -0.103 e. The second kappa shape index (κ2) is 5.17. The van der Waals surface area contributed by atoms with Crippen molar-refractivity contribution in [1.29, 1.82) is 0 Å². The van der Waals surface area contributed by atoms with Crippen molar-refractivity contribution in [1.82, 2.24) is 0 Å². The van der Waals surface area contributed by atoms with Crippen molar-refractivity contribution in [2.45, 2.75) is 24.7 Å². The summed E-state index contributed by atoms with van der Waals surface area (Å²) in [5.74, 6) is 6.07. The molecule has 3 aromatic carbocycles. The summed E-state index contributed by atoms with van der Waals surface area (Å²) in [5.41, 5.74) is 3.34. The molecule has 4 aliphatic rings. The lowest BCUT2D eigenvalue weighted by atomic mass is 9.65. The van der Waals surface area contributed by atoms with Crippen LogP contribution in [0.5, 0.6) is 0 Å². The molecule has 138 valence electrons. The van der Waals surface area contributed by atoms with E-state index < -0.39 is 0 Å².